The van der Waals surface area contributed by atoms with E-state index in [0.717, 1.165) is 18.9 Å². The second kappa shape index (κ2) is 6.44. The van der Waals surface area contributed by atoms with Crippen molar-refractivity contribution in [3.05, 3.63) is 30.2 Å². The molecule has 6 heteroatoms. The molecule has 0 bridgehead atoms. The summed E-state index contributed by atoms with van der Waals surface area (Å²) in [6.45, 7) is 8.00. The lowest BCUT2D eigenvalue weighted by molar-refractivity contribution is 0.537. The zero-order valence-corrected chi connectivity index (χ0v) is 11.8. The highest BCUT2D eigenvalue weighted by Gasteiger charge is 2.05. The van der Waals surface area contributed by atoms with Gasteiger partial charge < -0.3 is 5.32 Å². The number of rotatable bonds is 5. The Hall–Kier alpha value is -1.49. The van der Waals surface area contributed by atoms with Gasteiger partial charge in [0.15, 0.2) is 0 Å². The molecule has 2 heterocycles. The lowest BCUT2D eigenvalue weighted by Gasteiger charge is -2.11. The fourth-order valence-corrected chi connectivity index (χ4v) is 1.73. The molecule has 0 aliphatic heterocycles. The van der Waals surface area contributed by atoms with Crippen molar-refractivity contribution in [2.75, 3.05) is 5.32 Å². The Morgan fingerprint density at radius 1 is 1.33 bits per heavy atom. The highest BCUT2D eigenvalue weighted by molar-refractivity contribution is 5.85. The van der Waals surface area contributed by atoms with Gasteiger partial charge in [0.2, 0.25) is 0 Å². The van der Waals surface area contributed by atoms with Crippen molar-refractivity contribution in [3.63, 3.8) is 0 Å². The van der Waals surface area contributed by atoms with Crippen LogP contribution in [0.1, 0.15) is 32.4 Å². The second-order valence-corrected chi connectivity index (χ2v) is 4.31. The predicted molar refractivity (Wildman–Crippen MR) is 75.1 cm³/mol. The van der Waals surface area contributed by atoms with Crippen molar-refractivity contribution in [1.82, 2.24) is 19.6 Å². The predicted octanol–water partition coefficient (Wildman–Crippen LogP) is 2.71. The van der Waals surface area contributed by atoms with Gasteiger partial charge in [-0.25, -0.2) is 4.68 Å². The quantitative estimate of drug-likeness (QED) is 0.908. The average molecular weight is 270 g/mol. The normalized spacial score (nSPS) is 10.4. The summed E-state index contributed by atoms with van der Waals surface area (Å²) in [4.78, 5) is 0. The maximum absolute atomic E-state index is 4.28. The molecule has 2 aromatic heterocycles. The van der Waals surface area contributed by atoms with Gasteiger partial charge in [-0.3, -0.25) is 4.68 Å². The number of halogens is 1. The fraction of sp³-hybridized carbons (Fsp3) is 0.500. The molecule has 0 amide bonds. The monoisotopic (exact) mass is 269 g/mol. The van der Waals surface area contributed by atoms with E-state index in [0.29, 0.717) is 6.04 Å². The van der Waals surface area contributed by atoms with E-state index in [9.17, 15) is 0 Å². The van der Waals surface area contributed by atoms with Crippen LogP contribution < -0.4 is 5.32 Å². The molecule has 100 valence electrons. The number of aromatic nitrogens is 4. The molecule has 0 saturated carbocycles. The molecule has 2 aromatic rings. The Morgan fingerprint density at radius 2 is 2.11 bits per heavy atom. The van der Waals surface area contributed by atoms with E-state index in [2.05, 4.69) is 42.5 Å². The molecular formula is C12H20ClN5. The Labute approximate surface area is 114 Å². The molecule has 2 rings (SSSR count). The largest absolute Gasteiger partial charge is 0.366 e. The maximum atomic E-state index is 4.28. The van der Waals surface area contributed by atoms with E-state index >= 15 is 0 Å². The first-order chi connectivity index (χ1) is 8.20. The van der Waals surface area contributed by atoms with Crippen LogP contribution in [0.4, 0.5) is 5.82 Å². The van der Waals surface area contributed by atoms with Crippen LogP contribution in [0.5, 0.6) is 0 Å². The summed E-state index contributed by atoms with van der Waals surface area (Å²) in [6.07, 6.45) is 5.77. The van der Waals surface area contributed by atoms with E-state index in [1.165, 1.54) is 5.56 Å². The maximum Gasteiger partial charge on any atom is 0.124 e. The minimum atomic E-state index is 0. The van der Waals surface area contributed by atoms with E-state index in [-0.39, 0.29) is 12.4 Å². The van der Waals surface area contributed by atoms with Crippen molar-refractivity contribution < 1.29 is 0 Å². The van der Waals surface area contributed by atoms with Gasteiger partial charge in [-0.05, 0) is 20.8 Å². The standard InChI is InChI=1S/C12H19N5.ClH/c1-4-16-9-11(8-15-16)7-13-12-5-6-14-17(12)10(2)3;/h5-6,8-10,13H,4,7H2,1-3H3;1H. The van der Waals surface area contributed by atoms with Gasteiger partial charge in [-0.15, -0.1) is 12.4 Å². The van der Waals surface area contributed by atoms with Crippen LogP contribution in [0, 0.1) is 0 Å². The van der Waals surface area contributed by atoms with Crippen LogP contribution in [0.3, 0.4) is 0 Å². The molecule has 0 fully saturated rings. The van der Waals surface area contributed by atoms with Gasteiger partial charge in [0.25, 0.3) is 0 Å². The molecule has 0 saturated heterocycles. The Balaban J connectivity index is 0.00000162. The van der Waals surface area contributed by atoms with E-state index in [1.54, 1.807) is 0 Å². The number of nitrogens with zero attached hydrogens (tertiary/aromatic N) is 4. The first-order valence-corrected chi connectivity index (χ1v) is 5.99. The highest BCUT2D eigenvalue weighted by Crippen LogP contribution is 2.14. The number of anilines is 1. The van der Waals surface area contributed by atoms with Crippen molar-refractivity contribution >= 4 is 18.2 Å². The van der Waals surface area contributed by atoms with Crippen LogP contribution in [-0.2, 0) is 13.1 Å². The fourth-order valence-electron chi connectivity index (χ4n) is 1.73. The van der Waals surface area contributed by atoms with Crippen LogP contribution >= 0.6 is 12.4 Å². The molecule has 1 N–H and O–H groups in total. The van der Waals surface area contributed by atoms with Crippen LogP contribution in [-0.4, -0.2) is 19.6 Å². The van der Waals surface area contributed by atoms with Crippen LogP contribution in [0.15, 0.2) is 24.7 Å². The molecule has 0 atom stereocenters. The summed E-state index contributed by atoms with van der Waals surface area (Å²) >= 11 is 0. The molecule has 0 aliphatic rings. The summed E-state index contributed by atoms with van der Waals surface area (Å²) in [5, 5.41) is 11.9. The summed E-state index contributed by atoms with van der Waals surface area (Å²) in [6, 6.07) is 2.36. The number of aryl methyl sites for hydroxylation is 1. The Morgan fingerprint density at radius 3 is 2.72 bits per heavy atom. The third-order valence-electron chi connectivity index (χ3n) is 2.64. The SMILES string of the molecule is CCn1cc(CNc2ccnn2C(C)C)cn1.Cl. The number of nitrogens with one attached hydrogen (secondary N) is 1. The molecule has 0 unspecified atom stereocenters. The van der Waals surface area contributed by atoms with Gasteiger partial charge in [-0.2, -0.15) is 10.2 Å². The molecule has 0 aliphatic carbocycles. The zero-order valence-electron chi connectivity index (χ0n) is 11.0. The first-order valence-electron chi connectivity index (χ1n) is 5.99. The summed E-state index contributed by atoms with van der Waals surface area (Å²) in [7, 11) is 0. The van der Waals surface area contributed by atoms with Gasteiger partial charge in [0.1, 0.15) is 5.82 Å². The van der Waals surface area contributed by atoms with Crippen molar-refractivity contribution in [2.45, 2.75) is 39.9 Å². The van der Waals surface area contributed by atoms with E-state index < -0.39 is 0 Å². The van der Waals surface area contributed by atoms with Gasteiger partial charge >= 0.3 is 0 Å². The lowest BCUT2D eigenvalue weighted by Crippen LogP contribution is -2.09. The average Bonchev–Trinajstić information content (AvgIpc) is 2.95. The van der Waals surface area contributed by atoms with Crippen LogP contribution in [0.25, 0.3) is 0 Å². The Bertz CT molecular complexity index is 474. The third kappa shape index (κ3) is 3.26. The lowest BCUT2D eigenvalue weighted by atomic mass is 10.3. The minimum absolute atomic E-state index is 0. The van der Waals surface area contributed by atoms with Crippen molar-refractivity contribution in [3.8, 4) is 0 Å². The number of hydrogen-bond acceptors (Lipinski definition) is 3. The molecule has 18 heavy (non-hydrogen) atoms. The smallest absolute Gasteiger partial charge is 0.124 e. The first kappa shape index (κ1) is 14.6. The van der Waals surface area contributed by atoms with Crippen molar-refractivity contribution in [1.29, 1.82) is 0 Å². The van der Waals surface area contributed by atoms with Crippen LogP contribution in [0.2, 0.25) is 0 Å². The molecule has 5 nitrogen and oxygen atoms in total. The molecular weight excluding hydrogens is 250 g/mol. The zero-order chi connectivity index (χ0) is 12.3. The highest BCUT2D eigenvalue weighted by atomic mass is 35.5. The van der Waals surface area contributed by atoms with Gasteiger partial charge in [0.05, 0.1) is 12.4 Å². The number of hydrogen-bond donors (Lipinski definition) is 1. The van der Waals surface area contributed by atoms with Gasteiger partial charge in [0, 0.05) is 37.0 Å². The molecule has 0 spiro atoms. The van der Waals surface area contributed by atoms with E-state index in [4.69, 9.17) is 0 Å². The topological polar surface area (TPSA) is 47.7 Å². The molecule has 0 radical (unpaired) electrons. The summed E-state index contributed by atoms with van der Waals surface area (Å²) in [5.41, 5.74) is 1.18. The Kier molecular flexibility index (Phi) is 5.22. The second-order valence-electron chi connectivity index (χ2n) is 4.31. The van der Waals surface area contributed by atoms with Gasteiger partial charge in [-0.1, -0.05) is 0 Å². The molecule has 0 aromatic carbocycles. The summed E-state index contributed by atoms with van der Waals surface area (Å²) in [5.74, 6) is 1.05. The third-order valence-corrected chi connectivity index (χ3v) is 2.64. The summed E-state index contributed by atoms with van der Waals surface area (Å²) < 4.78 is 3.90. The van der Waals surface area contributed by atoms with E-state index in [1.807, 2.05) is 27.8 Å². The van der Waals surface area contributed by atoms with Crippen molar-refractivity contribution in [2.24, 2.45) is 0 Å². The minimum Gasteiger partial charge on any atom is -0.366 e.